The average molecular weight is 311 g/mol. The topological polar surface area (TPSA) is 37.8 Å². The van der Waals surface area contributed by atoms with Gasteiger partial charge in [0.05, 0.1) is 11.0 Å². The highest BCUT2D eigenvalue weighted by Crippen LogP contribution is 2.18. The minimum atomic E-state index is 0. The monoisotopic (exact) mass is 311 g/mol. The number of hydrogen-bond donors (Lipinski definition) is 1. The van der Waals surface area contributed by atoms with Gasteiger partial charge in [-0.25, -0.2) is 0 Å². The zero-order chi connectivity index (χ0) is 15.9. The van der Waals surface area contributed by atoms with E-state index in [4.69, 9.17) is 0 Å². The van der Waals surface area contributed by atoms with Crippen LogP contribution >= 0.6 is 0 Å². The second-order valence-electron chi connectivity index (χ2n) is 5.17. The minimum Gasteiger partial charge on any atom is -0.381 e. The largest absolute Gasteiger partial charge is 0.381 e. The highest BCUT2D eigenvalue weighted by Gasteiger charge is 2.06. The van der Waals surface area contributed by atoms with Gasteiger partial charge in [-0.15, -0.1) is 0 Å². The summed E-state index contributed by atoms with van der Waals surface area (Å²) >= 11 is 0. The quantitative estimate of drug-likeness (QED) is 0.745. The van der Waals surface area contributed by atoms with E-state index in [0.717, 1.165) is 29.7 Å². The van der Waals surface area contributed by atoms with Crippen molar-refractivity contribution < 1.29 is 1.43 Å². The molecule has 0 spiro atoms. The van der Waals surface area contributed by atoms with Gasteiger partial charge in [0.25, 0.3) is 0 Å². The highest BCUT2D eigenvalue weighted by atomic mass is 14.9. The zero-order valence-electron chi connectivity index (χ0n) is 13.6. The second kappa shape index (κ2) is 8.89. The van der Waals surface area contributed by atoms with Crippen LogP contribution in [-0.4, -0.2) is 9.97 Å². The molecule has 0 radical (unpaired) electrons. The summed E-state index contributed by atoms with van der Waals surface area (Å²) < 4.78 is 0. The zero-order valence-corrected chi connectivity index (χ0v) is 13.6. The molecule has 1 aromatic carbocycles. The van der Waals surface area contributed by atoms with Crippen molar-refractivity contribution in [1.82, 2.24) is 15.3 Å². The van der Waals surface area contributed by atoms with Gasteiger partial charge < -0.3 is 5.32 Å². The molecule has 0 amide bonds. The predicted molar refractivity (Wildman–Crippen MR) is 102 cm³/mol. The van der Waals surface area contributed by atoms with Crippen LogP contribution in [0.15, 0.2) is 60.6 Å². The Kier molecular flexibility index (Phi) is 7.20. The van der Waals surface area contributed by atoms with Crippen LogP contribution in [0.2, 0.25) is 0 Å². The molecule has 0 aliphatic carbocycles. The molecule has 2 rings (SSSR count). The third-order valence-corrected chi connectivity index (χ3v) is 3.66. The summed E-state index contributed by atoms with van der Waals surface area (Å²) in [6.45, 7) is 10.8. The van der Waals surface area contributed by atoms with E-state index in [1.54, 1.807) is 18.5 Å². The van der Waals surface area contributed by atoms with Gasteiger partial charge in [-0.1, -0.05) is 45.2 Å². The van der Waals surface area contributed by atoms with E-state index in [2.05, 4.69) is 53.9 Å². The first-order valence-electron chi connectivity index (χ1n) is 7.62. The first-order chi connectivity index (χ1) is 10.7. The number of hydrogen-bond acceptors (Lipinski definition) is 3. The molecule has 1 N–H and O–H groups in total. The van der Waals surface area contributed by atoms with Crippen LogP contribution in [0.25, 0.3) is 11.0 Å². The normalized spacial score (nSPS) is 12.0. The SMILES string of the molecule is C.C=C/C=C(C)\C(=C/C)NCc1cc(CC)c2nccnc2c1.[HH]. The van der Waals surface area contributed by atoms with Gasteiger partial charge in [-0.3, -0.25) is 9.97 Å². The summed E-state index contributed by atoms with van der Waals surface area (Å²) in [4.78, 5) is 8.88. The van der Waals surface area contributed by atoms with Crippen molar-refractivity contribution in [3.8, 4) is 0 Å². The van der Waals surface area contributed by atoms with E-state index in [9.17, 15) is 0 Å². The molecule has 3 heteroatoms. The summed E-state index contributed by atoms with van der Waals surface area (Å²) in [7, 11) is 0. The Labute approximate surface area is 141 Å². The van der Waals surface area contributed by atoms with Gasteiger partial charge in [-0.2, -0.15) is 0 Å². The Bertz CT molecular complexity index is 733. The van der Waals surface area contributed by atoms with Crippen LogP contribution in [0.4, 0.5) is 0 Å². The summed E-state index contributed by atoms with van der Waals surface area (Å²) in [6.07, 6.45) is 10.3. The molecular formula is C20H29N3. The van der Waals surface area contributed by atoms with Crippen LogP contribution in [0.3, 0.4) is 0 Å². The number of allylic oxidation sites excluding steroid dienone is 4. The number of aryl methyl sites for hydroxylation is 1. The Morgan fingerprint density at radius 1 is 1.30 bits per heavy atom. The van der Waals surface area contributed by atoms with Crippen molar-refractivity contribution in [2.75, 3.05) is 0 Å². The molecule has 2 aromatic rings. The third-order valence-electron chi connectivity index (χ3n) is 3.66. The summed E-state index contributed by atoms with van der Waals surface area (Å²) in [5.74, 6) is 0. The van der Waals surface area contributed by atoms with Crippen molar-refractivity contribution in [2.24, 2.45) is 0 Å². The van der Waals surface area contributed by atoms with Gasteiger partial charge in [0.1, 0.15) is 0 Å². The molecular weight excluding hydrogens is 282 g/mol. The molecule has 0 fully saturated rings. The molecule has 0 saturated carbocycles. The van der Waals surface area contributed by atoms with E-state index in [1.165, 1.54) is 16.7 Å². The summed E-state index contributed by atoms with van der Waals surface area (Å²) in [5, 5.41) is 3.48. The lowest BCUT2D eigenvalue weighted by atomic mass is 10.1. The number of nitrogens with zero attached hydrogens (tertiary/aromatic N) is 2. The lowest BCUT2D eigenvalue weighted by molar-refractivity contribution is 0.816. The van der Waals surface area contributed by atoms with Gasteiger partial charge >= 0.3 is 0 Å². The van der Waals surface area contributed by atoms with E-state index < -0.39 is 0 Å². The predicted octanol–water partition coefficient (Wildman–Crippen LogP) is 5.20. The molecule has 1 heterocycles. The van der Waals surface area contributed by atoms with Crippen molar-refractivity contribution >= 4 is 11.0 Å². The van der Waals surface area contributed by atoms with Gasteiger partial charge in [-0.05, 0) is 43.0 Å². The van der Waals surface area contributed by atoms with E-state index in [1.807, 2.05) is 13.0 Å². The van der Waals surface area contributed by atoms with Crippen LogP contribution in [0, 0.1) is 0 Å². The fourth-order valence-corrected chi connectivity index (χ4v) is 2.52. The van der Waals surface area contributed by atoms with E-state index in [-0.39, 0.29) is 8.85 Å². The second-order valence-corrected chi connectivity index (χ2v) is 5.17. The number of aromatic nitrogens is 2. The summed E-state index contributed by atoms with van der Waals surface area (Å²) in [6, 6.07) is 4.32. The van der Waals surface area contributed by atoms with Gasteiger partial charge in [0.2, 0.25) is 0 Å². The molecule has 124 valence electrons. The molecule has 0 saturated heterocycles. The molecule has 0 bridgehead atoms. The van der Waals surface area contributed by atoms with Crippen molar-refractivity contribution in [1.29, 1.82) is 0 Å². The minimum absolute atomic E-state index is 0. The molecule has 23 heavy (non-hydrogen) atoms. The molecule has 0 atom stereocenters. The Balaban J connectivity index is 0.00000264. The van der Waals surface area contributed by atoms with Crippen LogP contribution < -0.4 is 5.32 Å². The van der Waals surface area contributed by atoms with Gasteiger partial charge in [0.15, 0.2) is 0 Å². The van der Waals surface area contributed by atoms with E-state index in [0.29, 0.717) is 0 Å². The lowest BCUT2D eigenvalue weighted by Crippen LogP contribution is -2.14. The fraction of sp³-hybridized carbons (Fsp3) is 0.300. The fourth-order valence-electron chi connectivity index (χ4n) is 2.52. The first-order valence-corrected chi connectivity index (χ1v) is 7.62. The molecule has 3 nitrogen and oxygen atoms in total. The Morgan fingerprint density at radius 3 is 2.70 bits per heavy atom. The van der Waals surface area contributed by atoms with Crippen molar-refractivity contribution in [3.63, 3.8) is 0 Å². The number of fused-ring (bicyclic) bond motifs is 1. The lowest BCUT2D eigenvalue weighted by Gasteiger charge is -2.13. The molecule has 0 aliphatic heterocycles. The van der Waals surface area contributed by atoms with Crippen LogP contribution in [0.1, 0.15) is 40.8 Å². The first kappa shape index (κ1) is 18.6. The van der Waals surface area contributed by atoms with Crippen molar-refractivity contribution in [3.05, 3.63) is 71.7 Å². The Morgan fingerprint density at radius 2 is 2.04 bits per heavy atom. The third kappa shape index (κ3) is 4.52. The molecule has 0 unspecified atom stereocenters. The number of benzene rings is 1. The van der Waals surface area contributed by atoms with Crippen LogP contribution in [0.5, 0.6) is 0 Å². The highest BCUT2D eigenvalue weighted by molar-refractivity contribution is 5.78. The van der Waals surface area contributed by atoms with Crippen molar-refractivity contribution in [2.45, 2.75) is 41.2 Å². The Hall–Kier alpha value is -2.42. The molecule has 0 aliphatic rings. The molecule has 1 aromatic heterocycles. The maximum absolute atomic E-state index is 4.44. The standard InChI is InChI=1S/C19H23N3.CH4.H2/c1-5-8-14(4)17(7-3)22-13-15-11-16(6-2)19-18(12-15)20-9-10-21-19;;/h5,7-12,22H,1,6,13H2,2-4H3;1H4;1H/b14-8-,17-7+;;. The average Bonchev–Trinajstić information content (AvgIpc) is 2.54. The van der Waals surface area contributed by atoms with E-state index >= 15 is 0 Å². The maximum atomic E-state index is 4.44. The number of rotatable bonds is 6. The van der Waals surface area contributed by atoms with Crippen LogP contribution in [-0.2, 0) is 13.0 Å². The maximum Gasteiger partial charge on any atom is 0.0918 e. The van der Waals surface area contributed by atoms with Gasteiger partial charge in [0, 0.05) is 26.1 Å². The number of nitrogens with one attached hydrogen (secondary N) is 1. The summed E-state index contributed by atoms with van der Waals surface area (Å²) in [5.41, 5.74) is 6.71. The smallest absolute Gasteiger partial charge is 0.0918 e.